The molecule has 0 aromatic heterocycles. The highest BCUT2D eigenvalue weighted by atomic mass is 16.1. The molecule has 0 bridgehead atoms. The second kappa shape index (κ2) is 6.42. The predicted octanol–water partition coefficient (Wildman–Crippen LogP) is 4.50. The van der Waals surface area contributed by atoms with Crippen LogP contribution in [0.5, 0.6) is 0 Å². The lowest BCUT2D eigenvalue weighted by molar-refractivity contribution is -0.120. The molecule has 0 amide bonds. The van der Waals surface area contributed by atoms with E-state index in [0.717, 1.165) is 31.1 Å². The topological polar surface area (TPSA) is 17.1 Å². The number of carbonyl (C=O) groups is 1. The van der Waals surface area contributed by atoms with Gasteiger partial charge in [-0.1, -0.05) is 38.5 Å². The number of carbonyl (C=O) groups excluding carboxylic acids is 1. The van der Waals surface area contributed by atoms with Crippen molar-refractivity contribution >= 4 is 5.78 Å². The Morgan fingerprint density at radius 3 is 2.00 bits per heavy atom. The van der Waals surface area contributed by atoms with Crippen LogP contribution in [0.1, 0.15) is 77.0 Å². The molecule has 0 N–H and O–H groups in total. The molecule has 1 heteroatoms. The van der Waals surface area contributed by atoms with Crippen LogP contribution < -0.4 is 0 Å². The molecule has 0 aromatic rings. The molecule has 2 aliphatic carbocycles. The second-order valence-electron chi connectivity index (χ2n) is 5.85. The van der Waals surface area contributed by atoms with E-state index in [2.05, 4.69) is 0 Å². The predicted molar refractivity (Wildman–Crippen MR) is 67.4 cm³/mol. The molecule has 2 aliphatic rings. The van der Waals surface area contributed by atoms with Gasteiger partial charge in [0.15, 0.2) is 0 Å². The van der Waals surface area contributed by atoms with E-state index in [-0.39, 0.29) is 0 Å². The third kappa shape index (κ3) is 4.27. The van der Waals surface area contributed by atoms with Gasteiger partial charge < -0.3 is 0 Å². The maximum Gasteiger partial charge on any atom is 0.133 e. The summed E-state index contributed by atoms with van der Waals surface area (Å²) in [4.78, 5) is 11.8. The molecule has 92 valence electrons. The fourth-order valence-electron chi connectivity index (χ4n) is 3.08. The van der Waals surface area contributed by atoms with Crippen LogP contribution in [0.4, 0.5) is 0 Å². The number of ketones is 1. The average molecular weight is 222 g/mol. The summed E-state index contributed by atoms with van der Waals surface area (Å²) in [5, 5.41) is 0. The Bertz CT molecular complexity index is 217. The summed E-state index contributed by atoms with van der Waals surface area (Å²) in [5.41, 5.74) is 0. The molecule has 0 saturated heterocycles. The summed E-state index contributed by atoms with van der Waals surface area (Å²) >= 11 is 0. The Morgan fingerprint density at radius 2 is 1.31 bits per heavy atom. The first-order valence-corrected chi connectivity index (χ1v) is 7.38. The summed E-state index contributed by atoms with van der Waals surface area (Å²) in [7, 11) is 0. The minimum atomic E-state index is 0.553. The monoisotopic (exact) mass is 222 g/mol. The van der Waals surface area contributed by atoms with E-state index in [1.165, 1.54) is 57.8 Å². The van der Waals surface area contributed by atoms with Crippen LogP contribution in [-0.4, -0.2) is 5.78 Å². The van der Waals surface area contributed by atoms with E-state index >= 15 is 0 Å². The van der Waals surface area contributed by atoms with Crippen molar-refractivity contribution in [3.8, 4) is 0 Å². The smallest absolute Gasteiger partial charge is 0.133 e. The van der Waals surface area contributed by atoms with E-state index in [1.807, 2.05) is 0 Å². The maximum atomic E-state index is 11.8. The lowest BCUT2D eigenvalue weighted by atomic mass is 9.89. The van der Waals surface area contributed by atoms with Gasteiger partial charge in [0.25, 0.3) is 0 Å². The van der Waals surface area contributed by atoms with Gasteiger partial charge in [-0.2, -0.15) is 0 Å². The lowest BCUT2D eigenvalue weighted by Crippen LogP contribution is -2.11. The van der Waals surface area contributed by atoms with Crippen LogP contribution >= 0.6 is 0 Å². The Balaban J connectivity index is 1.79. The molecule has 0 aromatic carbocycles. The summed E-state index contributed by atoms with van der Waals surface area (Å²) in [5.74, 6) is 2.23. The molecule has 0 radical (unpaired) electrons. The van der Waals surface area contributed by atoms with Gasteiger partial charge in [0.1, 0.15) is 5.78 Å². The molecule has 16 heavy (non-hydrogen) atoms. The van der Waals surface area contributed by atoms with Crippen LogP contribution in [0, 0.1) is 11.8 Å². The zero-order valence-electron chi connectivity index (χ0n) is 10.5. The summed E-state index contributed by atoms with van der Waals surface area (Å²) in [6.45, 7) is 0. The van der Waals surface area contributed by atoms with Gasteiger partial charge in [0, 0.05) is 12.8 Å². The number of Topliss-reactive ketones (excluding diaryl/α,β-unsaturated/α-hetero) is 1. The molecule has 2 rings (SSSR count). The fraction of sp³-hybridized carbons (Fsp3) is 0.933. The summed E-state index contributed by atoms with van der Waals surface area (Å²) in [6.07, 6.45) is 15.3. The highest BCUT2D eigenvalue weighted by Crippen LogP contribution is 2.41. The molecule has 0 aliphatic heterocycles. The zero-order chi connectivity index (χ0) is 11.2. The SMILES string of the molecule is O=C1CCCCCCCCCC(C2CC2)C1. The largest absolute Gasteiger partial charge is 0.300 e. The van der Waals surface area contributed by atoms with Gasteiger partial charge in [-0.25, -0.2) is 0 Å². The quantitative estimate of drug-likeness (QED) is 0.638. The molecule has 1 atom stereocenters. The Labute approximate surface area is 100.0 Å². The minimum Gasteiger partial charge on any atom is -0.300 e. The van der Waals surface area contributed by atoms with Crippen molar-refractivity contribution in [3.63, 3.8) is 0 Å². The van der Waals surface area contributed by atoms with Gasteiger partial charge in [0.05, 0.1) is 0 Å². The van der Waals surface area contributed by atoms with Gasteiger partial charge in [0.2, 0.25) is 0 Å². The van der Waals surface area contributed by atoms with Gasteiger partial charge in [-0.05, 0) is 37.5 Å². The number of hydrogen-bond donors (Lipinski definition) is 0. The third-order valence-corrected chi connectivity index (χ3v) is 4.31. The van der Waals surface area contributed by atoms with Crippen molar-refractivity contribution in [1.82, 2.24) is 0 Å². The van der Waals surface area contributed by atoms with E-state index in [9.17, 15) is 4.79 Å². The number of rotatable bonds is 1. The highest BCUT2D eigenvalue weighted by molar-refractivity contribution is 5.78. The van der Waals surface area contributed by atoms with Crippen LogP contribution in [-0.2, 0) is 4.79 Å². The highest BCUT2D eigenvalue weighted by Gasteiger charge is 2.31. The second-order valence-corrected chi connectivity index (χ2v) is 5.85. The van der Waals surface area contributed by atoms with Crippen molar-refractivity contribution in [1.29, 1.82) is 0 Å². The normalized spacial score (nSPS) is 30.5. The van der Waals surface area contributed by atoms with Crippen molar-refractivity contribution < 1.29 is 4.79 Å². The van der Waals surface area contributed by atoms with E-state index in [1.54, 1.807) is 0 Å². The van der Waals surface area contributed by atoms with Crippen LogP contribution in [0.3, 0.4) is 0 Å². The molecule has 1 unspecified atom stereocenters. The minimum absolute atomic E-state index is 0.553. The lowest BCUT2D eigenvalue weighted by Gasteiger charge is -2.16. The van der Waals surface area contributed by atoms with Gasteiger partial charge in [-0.15, -0.1) is 0 Å². The third-order valence-electron chi connectivity index (χ3n) is 4.31. The van der Waals surface area contributed by atoms with Crippen molar-refractivity contribution in [3.05, 3.63) is 0 Å². The maximum absolute atomic E-state index is 11.8. The van der Waals surface area contributed by atoms with E-state index in [4.69, 9.17) is 0 Å². The van der Waals surface area contributed by atoms with E-state index in [0.29, 0.717) is 5.78 Å². The molecule has 1 nitrogen and oxygen atoms in total. The molecular formula is C15H26O. The van der Waals surface area contributed by atoms with Crippen molar-refractivity contribution in [2.24, 2.45) is 11.8 Å². The molecule has 0 heterocycles. The first-order chi connectivity index (χ1) is 7.86. The van der Waals surface area contributed by atoms with Gasteiger partial charge in [-0.3, -0.25) is 4.79 Å². The van der Waals surface area contributed by atoms with Crippen LogP contribution in [0.15, 0.2) is 0 Å². The Hall–Kier alpha value is -0.330. The molecule has 2 saturated carbocycles. The van der Waals surface area contributed by atoms with Crippen LogP contribution in [0.2, 0.25) is 0 Å². The first kappa shape index (κ1) is 12.1. The van der Waals surface area contributed by atoms with E-state index < -0.39 is 0 Å². The standard InChI is InChI=1S/C15H26O/c16-15-9-7-5-3-1-2-4-6-8-14(12-15)13-10-11-13/h13-14H,1-12H2. The number of hydrogen-bond acceptors (Lipinski definition) is 1. The molecule has 0 spiro atoms. The van der Waals surface area contributed by atoms with Gasteiger partial charge >= 0.3 is 0 Å². The Morgan fingerprint density at radius 1 is 0.688 bits per heavy atom. The van der Waals surface area contributed by atoms with Crippen LogP contribution in [0.25, 0.3) is 0 Å². The van der Waals surface area contributed by atoms with Crippen molar-refractivity contribution in [2.75, 3.05) is 0 Å². The molecular weight excluding hydrogens is 196 g/mol. The first-order valence-electron chi connectivity index (χ1n) is 7.38. The fourth-order valence-corrected chi connectivity index (χ4v) is 3.08. The zero-order valence-corrected chi connectivity index (χ0v) is 10.5. The Kier molecular flexibility index (Phi) is 4.87. The summed E-state index contributed by atoms with van der Waals surface area (Å²) < 4.78 is 0. The summed E-state index contributed by atoms with van der Waals surface area (Å²) in [6, 6.07) is 0. The average Bonchev–Trinajstić information content (AvgIpc) is 3.06. The molecule has 2 fully saturated rings. The van der Waals surface area contributed by atoms with Crippen molar-refractivity contribution in [2.45, 2.75) is 77.0 Å².